The van der Waals surface area contributed by atoms with Gasteiger partial charge in [0.1, 0.15) is 0 Å². The highest BCUT2D eigenvalue weighted by Gasteiger charge is 2.21. The molecule has 1 heterocycles. The molecule has 2 N–H and O–H groups in total. The topological polar surface area (TPSA) is 131 Å². The summed E-state index contributed by atoms with van der Waals surface area (Å²) in [5, 5.41) is 24.7. The molecule has 0 saturated heterocycles. The maximum atomic E-state index is 13.8. The maximum absolute atomic E-state index is 13.8. The molecular weight excluding hydrogens is 510 g/mol. The number of hydrogen-bond donors (Lipinski definition) is 2. The van der Waals surface area contributed by atoms with Crippen molar-refractivity contribution < 1.29 is 23.4 Å². The number of nitro groups is 2. The number of carbonyl (C=O) groups excluding carboxylic acids is 1. The number of amides is 1. The van der Waals surface area contributed by atoms with Gasteiger partial charge in [-0.1, -0.05) is 39.5 Å². The summed E-state index contributed by atoms with van der Waals surface area (Å²) in [7, 11) is 0. The molecule has 0 atom stereocenters. The molecule has 0 saturated carbocycles. The van der Waals surface area contributed by atoms with Crippen LogP contribution in [-0.2, 0) is 10.2 Å². The highest BCUT2D eigenvalue weighted by molar-refractivity contribution is 5.92. The summed E-state index contributed by atoms with van der Waals surface area (Å²) in [5.74, 6) is 3.61. The Morgan fingerprint density at radius 2 is 1.51 bits per heavy atom. The van der Waals surface area contributed by atoms with Crippen molar-refractivity contribution in [1.82, 2.24) is 4.98 Å². The van der Waals surface area contributed by atoms with Crippen molar-refractivity contribution >= 4 is 33.9 Å². The lowest BCUT2D eigenvalue weighted by molar-refractivity contribution is -0.387. The summed E-state index contributed by atoms with van der Waals surface area (Å²) in [5.41, 5.74) is 0.304. The lowest BCUT2D eigenvalue weighted by Crippen LogP contribution is -2.12. The quantitative estimate of drug-likeness (QED) is 0.197. The molecule has 0 fully saturated rings. The third kappa shape index (κ3) is 8.60. The molecule has 3 aromatic rings. The summed E-state index contributed by atoms with van der Waals surface area (Å²) >= 11 is 0. The smallest absolute Gasteiger partial charge is 0.306 e. The van der Waals surface area contributed by atoms with Crippen molar-refractivity contribution in [3.63, 3.8) is 0 Å². The van der Waals surface area contributed by atoms with Gasteiger partial charge in [-0.15, -0.1) is 0 Å². The zero-order valence-electron chi connectivity index (χ0n) is 23.0. The molecule has 0 bridgehead atoms. The standard InChI is InChI=1S/C16H19FN2O3.C12H13FN2O2/c1-5-6-15(20)18-13-10-12(17)14(19(21)22)9-11(13)7-8-16(2,3)4;1-12(2,3)11-5-7-4-10(15(16)17)8(13)6-9(7)14-11/h9-10H,5-6H2,1-4H3,(H,18,20);4-6,14H,1-3H3. The average Bonchev–Trinajstić information content (AvgIpc) is 3.21. The number of nitro benzene ring substituents is 2. The Bertz CT molecular complexity index is 1470. The number of aromatic amines is 1. The van der Waals surface area contributed by atoms with Crippen LogP contribution in [0.2, 0.25) is 0 Å². The van der Waals surface area contributed by atoms with Crippen LogP contribution in [0.1, 0.15) is 72.6 Å². The second kappa shape index (κ2) is 12.0. The minimum absolute atomic E-state index is 0.107. The zero-order valence-corrected chi connectivity index (χ0v) is 23.0. The van der Waals surface area contributed by atoms with E-state index in [1.54, 1.807) is 0 Å². The van der Waals surface area contributed by atoms with Crippen LogP contribution in [0.25, 0.3) is 10.9 Å². The van der Waals surface area contributed by atoms with Gasteiger partial charge in [-0.25, -0.2) is 0 Å². The molecule has 0 spiro atoms. The monoisotopic (exact) mass is 542 g/mol. The lowest BCUT2D eigenvalue weighted by Gasteiger charge is -2.15. The molecule has 1 aromatic heterocycles. The molecule has 11 heteroatoms. The molecule has 39 heavy (non-hydrogen) atoms. The number of carbonyl (C=O) groups is 1. The molecule has 0 aliphatic heterocycles. The van der Waals surface area contributed by atoms with Crippen molar-refractivity contribution in [2.75, 3.05) is 5.32 Å². The van der Waals surface area contributed by atoms with E-state index in [9.17, 15) is 33.8 Å². The summed E-state index contributed by atoms with van der Waals surface area (Å²) in [6, 6.07) is 6.24. The number of nitrogens with zero attached hydrogens (tertiary/aromatic N) is 2. The summed E-state index contributed by atoms with van der Waals surface area (Å²) < 4.78 is 27.2. The van der Waals surface area contributed by atoms with E-state index >= 15 is 0 Å². The largest absolute Gasteiger partial charge is 0.358 e. The number of fused-ring (bicyclic) bond motifs is 1. The maximum Gasteiger partial charge on any atom is 0.306 e. The second-order valence-corrected chi connectivity index (χ2v) is 11.0. The fraction of sp³-hybridized carbons (Fsp3) is 0.393. The molecule has 2 aromatic carbocycles. The van der Waals surface area contributed by atoms with Crippen molar-refractivity contribution in [2.45, 2.75) is 66.7 Å². The average molecular weight is 543 g/mol. The van der Waals surface area contributed by atoms with E-state index in [0.717, 1.165) is 17.8 Å². The van der Waals surface area contributed by atoms with Crippen LogP contribution >= 0.6 is 0 Å². The fourth-order valence-corrected chi connectivity index (χ4v) is 3.29. The number of rotatable bonds is 5. The normalized spacial score (nSPS) is 11.2. The Morgan fingerprint density at radius 3 is 2.03 bits per heavy atom. The van der Waals surface area contributed by atoms with Crippen LogP contribution in [0.15, 0.2) is 30.3 Å². The summed E-state index contributed by atoms with van der Waals surface area (Å²) in [6.07, 6.45) is 0.926. The predicted molar refractivity (Wildman–Crippen MR) is 147 cm³/mol. The van der Waals surface area contributed by atoms with Crippen LogP contribution in [0.5, 0.6) is 0 Å². The number of benzene rings is 2. The van der Waals surface area contributed by atoms with Crippen LogP contribution in [0.4, 0.5) is 25.8 Å². The minimum atomic E-state index is -1.00. The number of hydrogen-bond acceptors (Lipinski definition) is 5. The third-order valence-electron chi connectivity index (χ3n) is 5.30. The first-order valence-corrected chi connectivity index (χ1v) is 12.2. The number of halogens is 2. The van der Waals surface area contributed by atoms with Gasteiger partial charge in [-0.3, -0.25) is 25.0 Å². The zero-order chi connectivity index (χ0) is 29.7. The highest BCUT2D eigenvalue weighted by atomic mass is 19.1. The Kier molecular flexibility index (Phi) is 9.52. The van der Waals surface area contributed by atoms with Gasteiger partial charge in [-0.05, 0) is 33.3 Å². The molecule has 1 amide bonds. The highest BCUT2D eigenvalue weighted by Crippen LogP contribution is 2.30. The van der Waals surface area contributed by atoms with E-state index in [4.69, 9.17) is 0 Å². The van der Waals surface area contributed by atoms with Gasteiger partial charge in [-0.2, -0.15) is 8.78 Å². The molecular formula is C28H32F2N4O5. The fourth-order valence-electron chi connectivity index (χ4n) is 3.29. The number of nitrogens with one attached hydrogen (secondary N) is 2. The van der Waals surface area contributed by atoms with Crippen LogP contribution in [0, 0.1) is 49.1 Å². The molecule has 0 aliphatic carbocycles. The van der Waals surface area contributed by atoms with E-state index in [2.05, 4.69) is 22.1 Å². The van der Waals surface area contributed by atoms with Gasteiger partial charge in [0.15, 0.2) is 0 Å². The molecule has 0 radical (unpaired) electrons. The third-order valence-corrected chi connectivity index (χ3v) is 5.30. The molecule has 3 rings (SSSR count). The Labute approximate surface area is 225 Å². The van der Waals surface area contributed by atoms with E-state index in [1.165, 1.54) is 12.1 Å². The first-order chi connectivity index (χ1) is 17.9. The summed E-state index contributed by atoms with van der Waals surface area (Å²) in [4.78, 5) is 34.7. The van der Waals surface area contributed by atoms with Gasteiger partial charge in [0.25, 0.3) is 0 Å². The molecule has 208 valence electrons. The van der Waals surface area contributed by atoms with Gasteiger partial charge < -0.3 is 10.3 Å². The minimum Gasteiger partial charge on any atom is -0.358 e. The van der Waals surface area contributed by atoms with Gasteiger partial charge in [0.2, 0.25) is 17.5 Å². The molecule has 0 unspecified atom stereocenters. The predicted octanol–water partition coefficient (Wildman–Crippen LogP) is 7.38. The van der Waals surface area contributed by atoms with E-state index in [0.29, 0.717) is 17.3 Å². The Morgan fingerprint density at radius 1 is 0.949 bits per heavy atom. The van der Waals surface area contributed by atoms with Crippen molar-refractivity contribution in [3.05, 3.63) is 73.5 Å². The van der Waals surface area contributed by atoms with Crippen LogP contribution in [0.3, 0.4) is 0 Å². The van der Waals surface area contributed by atoms with Gasteiger partial charge >= 0.3 is 11.4 Å². The summed E-state index contributed by atoms with van der Waals surface area (Å²) in [6.45, 7) is 13.5. The molecule has 9 nitrogen and oxygen atoms in total. The van der Waals surface area contributed by atoms with Crippen LogP contribution < -0.4 is 5.32 Å². The number of aromatic nitrogens is 1. The van der Waals surface area contributed by atoms with E-state index < -0.39 is 32.9 Å². The number of H-pyrrole nitrogens is 1. The van der Waals surface area contributed by atoms with Crippen molar-refractivity contribution in [1.29, 1.82) is 0 Å². The van der Waals surface area contributed by atoms with Gasteiger partial charge in [0.05, 0.1) is 21.1 Å². The SMILES string of the molecule is CC(C)(C)c1cc2cc([N+](=O)[O-])c(F)cc2[nH]1.CCCC(=O)Nc1cc(F)c([N+](=O)[O-])cc1C#CC(C)(C)C. The molecule has 0 aliphatic rings. The van der Waals surface area contributed by atoms with Gasteiger partial charge in [0, 0.05) is 58.1 Å². The van der Waals surface area contributed by atoms with Crippen LogP contribution in [-0.4, -0.2) is 20.7 Å². The van der Waals surface area contributed by atoms with Crippen molar-refractivity contribution in [2.24, 2.45) is 5.41 Å². The van der Waals surface area contributed by atoms with E-state index in [-0.39, 0.29) is 34.4 Å². The first-order valence-electron chi connectivity index (χ1n) is 12.2. The van der Waals surface area contributed by atoms with E-state index in [1.807, 2.05) is 54.5 Å². The lowest BCUT2D eigenvalue weighted by atomic mass is 9.92. The Balaban J connectivity index is 0.000000282. The number of anilines is 1. The first kappa shape index (κ1) is 30.9. The van der Waals surface area contributed by atoms with Crippen molar-refractivity contribution in [3.8, 4) is 11.8 Å². The Hall–Kier alpha value is -4.33. The second-order valence-electron chi connectivity index (χ2n) is 11.0.